The fourth-order valence-electron chi connectivity index (χ4n) is 3.35. The highest BCUT2D eigenvalue weighted by atomic mass is 32.2. The first-order valence-corrected chi connectivity index (χ1v) is 11.4. The van der Waals surface area contributed by atoms with Crippen LogP contribution in [0, 0.1) is 13.8 Å². The molecule has 0 atom stereocenters. The topological polar surface area (TPSA) is 105 Å². The van der Waals surface area contributed by atoms with Gasteiger partial charge in [-0.2, -0.15) is 8.42 Å². The lowest BCUT2D eigenvalue weighted by Gasteiger charge is -2.34. The molecule has 164 valence electrons. The van der Waals surface area contributed by atoms with E-state index in [4.69, 9.17) is 0 Å². The van der Waals surface area contributed by atoms with E-state index >= 15 is 0 Å². The number of aromatic amines is 1. The molecule has 0 fully saturated rings. The molecule has 2 rings (SSSR count). The van der Waals surface area contributed by atoms with Gasteiger partial charge in [0.15, 0.2) is 0 Å². The van der Waals surface area contributed by atoms with Gasteiger partial charge in [-0.1, -0.05) is 17.7 Å². The van der Waals surface area contributed by atoms with Gasteiger partial charge in [0.1, 0.15) is 5.84 Å². The molecule has 0 aliphatic carbocycles. The second-order valence-corrected chi connectivity index (χ2v) is 9.48. The molecule has 0 radical (unpaired) electrons. The number of amidine groups is 1. The first kappa shape index (κ1) is 23.6. The van der Waals surface area contributed by atoms with Gasteiger partial charge in [0, 0.05) is 36.8 Å². The lowest BCUT2D eigenvalue weighted by molar-refractivity contribution is 0.285. The molecule has 2 aromatic rings. The second-order valence-electron chi connectivity index (χ2n) is 7.87. The van der Waals surface area contributed by atoms with Crippen LogP contribution in [0.25, 0.3) is 0 Å². The lowest BCUT2D eigenvalue weighted by Crippen LogP contribution is -2.44. The number of sulfonamides is 1. The van der Waals surface area contributed by atoms with Crippen molar-refractivity contribution in [3.8, 4) is 0 Å². The fraction of sp³-hybridized carbons (Fsp3) is 0.476. The highest BCUT2D eigenvalue weighted by Crippen LogP contribution is 2.17. The molecule has 0 spiro atoms. The summed E-state index contributed by atoms with van der Waals surface area (Å²) >= 11 is 0. The molecule has 0 amide bonds. The summed E-state index contributed by atoms with van der Waals surface area (Å²) in [4.78, 5) is 29.0. The summed E-state index contributed by atoms with van der Waals surface area (Å²) in [5.41, 5.74) is 0.416. The van der Waals surface area contributed by atoms with Gasteiger partial charge in [-0.05, 0) is 53.7 Å². The molecule has 1 heterocycles. The Bertz CT molecular complexity index is 1120. The molecule has 1 N–H and O–H groups in total. The Morgan fingerprint density at radius 1 is 1.07 bits per heavy atom. The van der Waals surface area contributed by atoms with Gasteiger partial charge in [-0.25, -0.2) is 4.79 Å². The first-order chi connectivity index (χ1) is 13.9. The molecule has 0 saturated heterocycles. The Kier molecular flexibility index (Phi) is 7.41. The Labute approximate surface area is 177 Å². The van der Waals surface area contributed by atoms with Crippen LogP contribution in [0.15, 0.2) is 49.3 Å². The number of aromatic nitrogens is 2. The zero-order chi connectivity index (χ0) is 22.6. The van der Waals surface area contributed by atoms with Crippen LogP contribution in [0.4, 0.5) is 0 Å². The number of nitrogens with zero attached hydrogens (tertiary/aromatic N) is 3. The van der Waals surface area contributed by atoms with Crippen molar-refractivity contribution in [1.29, 1.82) is 0 Å². The minimum Gasteiger partial charge on any atom is -0.354 e. The quantitative estimate of drug-likeness (QED) is 0.532. The Balaban J connectivity index is 2.52. The standard InChI is InChI=1S/C21H30N4O4S/c1-14(2)25(15(3)4)19(11-12-24-20(26)17(6)13-22-21(24)27)23-30(28,29)18-9-7-16(5)8-10-18/h7-10,13-15H,11-12H2,1-6H3,(H,22,27)/b23-19+. The van der Waals surface area contributed by atoms with Crippen LogP contribution in [0.2, 0.25) is 0 Å². The number of hydrogen-bond acceptors (Lipinski definition) is 4. The van der Waals surface area contributed by atoms with Crippen molar-refractivity contribution in [3.05, 3.63) is 62.4 Å². The van der Waals surface area contributed by atoms with Crippen molar-refractivity contribution in [2.45, 2.75) is 71.5 Å². The Hall–Kier alpha value is -2.68. The Morgan fingerprint density at radius 2 is 1.63 bits per heavy atom. The molecule has 0 aliphatic rings. The summed E-state index contributed by atoms with van der Waals surface area (Å²) in [7, 11) is -3.95. The van der Waals surface area contributed by atoms with E-state index in [1.54, 1.807) is 19.1 Å². The average Bonchev–Trinajstić information content (AvgIpc) is 2.64. The van der Waals surface area contributed by atoms with Crippen molar-refractivity contribution in [2.75, 3.05) is 0 Å². The minimum absolute atomic E-state index is 0.0219. The van der Waals surface area contributed by atoms with Gasteiger partial charge in [0.2, 0.25) is 0 Å². The highest BCUT2D eigenvalue weighted by molar-refractivity contribution is 7.90. The highest BCUT2D eigenvalue weighted by Gasteiger charge is 2.23. The maximum absolute atomic E-state index is 13.0. The van der Waals surface area contributed by atoms with Crippen molar-refractivity contribution >= 4 is 15.9 Å². The zero-order valence-corrected chi connectivity index (χ0v) is 19.2. The fourth-order valence-corrected chi connectivity index (χ4v) is 4.39. The molecule has 1 aromatic carbocycles. The van der Waals surface area contributed by atoms with Crippen LogP contribution >= 0.6 is 0 Å². The minimum atomic E-state index is -3.95. The molecule has 0 bridgehead atoms. The number of rotatable bonds is 7. The number of nitrogens with one attached hydrogen (secondary N) is 1. The molecule has 1 aromatic heterocycles. The van der Waals surface area contributed by atoms with Gasteiger partial charge < -0.3 is 9.88 Å². The van der Waals surface area contributed by atoms with Crippen LogP contribution in [0.1, 0.15) is 45.2 Å². The molecule has 0 aliphatic heterocycles. The SMILES string of the molecule is Cc1ccc(S(=O)(=O)/N=C(\CCn2c(=O)[nH]cc(C)c2=O)N(C(C)C)C(C)C)cc1. The maximum Gasteiger partial charge on any atom is 0.328 e. The monoisotopic (exact) mass is 434 g/mol. The van der Waals surface area contributed by atoms with Crippen LogP contribution in [-0.4, -0.2) is 40.8 Å². The second kappa shape index (κ2) is 9.42. The van der Waals surface area contributed by atoms with E-state index in [-0.39, 0.29) is 29.9 Å². The normalized spacial score (nSPS) is 12.6. The molecule has 9 heteroatoms. The number of H-pyrrole nitrogens is 1. The lowest BCUT2D eigenvalue weighted by atomic mass is 10.2. The van der Waals surface area contributed by atoms with E-state index in [9.17, 15) is 18.0 Å². The van der Waals surface area contributed by atoms with Gasteiger partial charge in [-0.15, -0.1) is 4.40 Å². The molecule has 8 nitrogen and oxygen atoms in total. The first-order valence-electron chi connectivity index (χ1n) is 9.92. The molecule has 0 unspecified atom stereocenters. The van der Waals surface area contributed by atoms with Crippen LogP contribution in [-0.2, 0) is 16.6 Å². The third kappa shape index (κ3) is 5.47. The third-order valence-corrected chi connectivity index (χ3v) is 6.07. The van der Waals surface area contributed by atoms with Crippen molar-refractivity contribution < 1.29 is 8.42 Å². The number of hydrogen-bond donors (Lipinski definition) is 1. The summed E-state index contributed by atoms with van der Waals surface area (Å²) in [6.07, 6.45) is 1.49. The molecule has 30 heavy (non-hydrogen) atoms. The molecule has 0 saturated carbocycles. The van der Waals surface area contributed by atoms with Crippen molar-refractivity contribution in [1.82, 2.24) is 14.5 Å². The van der Waals surface area contributed by atoms with Crippen LogP contribution < -0.4 is 11.2 Å². The smallest absolute Gasteiger partial charge is 0.328 e. The summed E-state index contributed by atoms with van der Waals surface area (Å²) in [6, 6.07) is 6.44. The number of benzene rings is 1. The van der Waals surface area contributed by atoms with Gasteiger partial charge >= 0.3 is 5.69 Å². The maximum atomic E-state index is 13.0. The van der Waals surface area contributed by atoms with E-state index < -0.39 is 21.3 Å². The van der Waals surface area contributed by atoms with E-state index in [1.165, 1.54) is 18.3 Å². The van der Waals surface area contributed by atoms with E-state index in [0.29, 0.717) is 11.4 Å². The summed E-state index contributed by atoms with van der Waals surface area (Å²) in [5, 5.41) is 0. The van der Waals surface area contributed by atoms with Gasteiger partial charge in [0.25, 0.3) is 15.6 Å². The van der Waals surface area contributed by atoms with E-state index in [1.807, 2.05) is 39.5 Å². The zero-order valence-electron chi connectivity index (χ0n) is 18.3. The Morgan fingerprint density at radius 3 is 2.17 bits per heavy atom. The van der Waals surface area contributed by atoms with Crippen molar-refractivity contribution in [2.24, 2.45) is 4.40 Å². The number of aryl methyl sites for hydroxylation is 2. The van der Waals surface area contributed by atoms with Crippen molar-refractivity contribution in [3.63, 3.8) is 0 Å². The summed E-state index contributed by atoms with van der Waals surface area (Å²) < 4.78 is 31.1. The van der Waals surface area contributed by atoms with E-state index in [2.05, 4.69) is 9.38 Å². The summed E-state index contributed by atoms with van der Waals surface area (Å²) in [6.45, 7) is 11.3. The predicted octanol–water partition coefficient (Wildman–Crippen LogP) is 2.45. The molecular weight excluding hydrogens is 404 g/mol. The van der Waals surface area contributed by atoms with Crippen LogP contribution in [0.3, 0.4) is 0 Å². The van der Waals surface area contributed by atoms with Crippen LogP contribution in [0.5, 0.6) is 0 Å². The third-order valence-electron chi connectivity index (χ3n) is 4.75. The largest absolute Gasteiger partial charge is 0.354 e. The van der Waals surface area contributed by atoms with Gasteiger partial charge in [0.05, 0.1) is 4.90 Å². The molecular formula is C21H30N4O4S. The van der Waals surface area contributed by atoms with Gasteiger partial charge in [-0.3, -0.25) is 9.36 Å². The average molecular weight is 435 g/mol. The summed E-state index contributed by atoms with van der Waals surface area (Å²) in [5.74, 6) is 0.313. The predicted molar refractivity (Wildman–Crippen MR) is 119 cm³/mol. The van der Waals surface area contributed by atoms with E-state index in [0.717, 1.165) is 10.1 Å².